The van der Waals surface area contributed by atoms with E-state index < -0.39 is 65.9 Å². The molecule has 272 valence electrons. The lowest BCUT2D eigenvalue weighted by Gasteiger charge is -2.32. The molecule has 0 bridgehead atoms. The first-order valence-corrected chi connectivity index (χ1v) is 17.0. The first-order valence-electron chi connectivity index (χ1n) is 17.0. The maximum absolute atomic E-state index is 13.8. The summed E-state index contributed by atoms with van der Waals surface area (Å²) in [6.07, 6.45) is 0.687. The van der Waals surface area contributed by atoms with Crippen LogP contribution in [0.2, 0.25) is 0 Å². The number of hydrogen-bond acceptors (Lipinski definition) is 8. The lowest BCUT2D eigenvalue weighted by molar-refractivity contribution is -0.144. The second-order valence-corrected chi connectivity index (χ2v) is 13.2. The Bertz CT molecular complexity index is 1450. The van der Waals surface area contributed by atoms with Crippen LogP contribution in [0, 0.1) is 11.8 Å². The van der Waals surface area contributed by atoms with Crippen molar-refractivity contribution in [3.8, 4) is 0 Å². The molecule has 14 heteroatoms. The Morgan fingerprint density at radius 3 is 1.98 bits per heavy atom. The summed E-state index contributed by atoms with van der Waals surface area (Å²) in [6, 6.07) is 12.6. The number of rotatable bonds is 16. The smallest absolute Gasteiger partial charge is 0.429 e. The molecule has 0 radical (unpaired) electrons. The Morgan fingerprint density at radius 2 is 1.44 bits per heavy atom. The van der Waals surface area contributed by atoms with E-state index in [4.69, 9.17) is 4.74 Å². The monoisotopic (exact) mass is 694 g/mol. The maximum Gasteiger partial charge on any atom is 0.429 e. The number of nitrogens with one attached hydrogen (secondary N) is 5. The van der Waals surface area contributed by atoms with Crippen LogP contribution in [0.3, 0.4) is 0 Å². The van der Waals surface area contributed by atoms with Crippen LogP contribution in [0.1, 0.15) is 65.0 Å². The van der Waals surface area contributed by atoms with Gasteiger partial charge in [-0.3, -0.25) is 24.6 Å². The first-order chi connectivity index (χ1) is 23.8. The number of aliphatic carboxylic acids is 1. The van der Waals surface area contributed by atoms with Gasteiger partial charge in [0.2, 0.25) is 17.7 Å². The number of hydrogen-bond donors (Lipinski definition) is 6. The summed E-state index contributed by atoms with van der Waals surface area (Å²) < 4.78 is 5.43. The average Bonchev–Trinajstić information content (AvgIpc) is 3.63. The van der Waals surface area contributed by atoms with Crippen LogP contribution >= 0.6 is 0 Å². The van der Waals surface area contributed by atoms with E-state index in [2.05, 4.69) is 26.7 Å². The molecule has 14 nitrogen and oxygen atoms in total. The Kier molecular flexibility index (Phi) is 15.2. The van der Waals surface area contributed by atoms with Crippen LogP contribution in [0.25, 0.3) is 0 Å². The van der Waals surface area contributed by atoms with Crippen molar-refractivity contribution in [1.82, 2.24) is 31.7 Å². The third-order valence-electron chi connectivity index (χ3n) is 8.26. The van der Waals surface area contributed by atoms with Gasteiger partial charge in [-0.2, -0.15) is 0 Å². The average molecular weight is 695 g/mol. The molecule has 1 fully saturated rings. The van der Waals surface area contributed by atoms with Crippen LogP contribution in [0.5, 0.6) is 0 Å². The molecule has 6 N–H and O–H groups in total. The number of hydrazine groups is 1. The molecule has 0 aromatic heterocycles. The highest BCUT2D eigenvalue weighted by Gasteiger charge is 2.36. The van der Waals surface area contributed by atoms with E-state index in [1.54, 1.807) is 58.0 Å². The van der Waals surface area contributed by atoms with E-state index in [0.717, 1.165) is 12.0 Å². The highest BCUT2D eigenvalue weighted by molar-refractivity contribution is 5.94. The van der Waals surface area contributed by atoms with Gasteiger partial charge in [0.1, 0.15) is 30.8 Å². The van der Waals surface area contributed by atoms with Gasteiger partial charge in [0.05, 0.1) is 6.04 Å². The van der Waals surface area contributed by atoms with Crippen molar-refractivity contribution in [3.63, 3.8) is 0 Å². The van der Waals surface area contributed by atoms with Gasteiger partial charge in [0.15, 0.2) is 0 Å². The Labute approximate surface area is 293 Å². The molecule has 2 aromatic carbocycles. The van der Waals surface area contributed by atoms with E-state index in [9.17, 15) is 33.9 Å². The molecule has 2 aromatic rings. The topological polar surface area (TPSA) is 195 Å². The molecule has 0 aliphatic carbocycles. The fourth-order valence-corrected chi connectivity index (χ4v) is 5.41. The minimum absolute atomic E-state index is 0.0568. The summed E-state index contributed by atoms with van der Waals surface area (Å²) in [7, 11) is 0. The Balaban J connectivity index is 1.82. The Morgan fingerprint density at radius 1 is 0.820 bits per heavy atom. The van der Waals surface area contributed by atoms with Crippen LogP contribution < -0.4 is 26.7 Å². The number of carboxylic acids is 1. The quantitative estimate of drug-likeness (QED) is 0.143. The molecule has 1 saturated heterocycles. The van der Waals surface area contributed by atoms with Gasteiger partial charge in [-0.05, 0) is 55.7 Å². The molecular weight excluding hydrogens is 644 g/mol. The number of ether oxygens (including phenoxy) is 1. The van der Waals surface area contributed by atoms with Gasteiger partial charge < -0.3 is 31.1 Å². The fraction of sp³-hybridized carbons (Fsp3) is 0.500. The predicted molar refractivity (Wildman–Crippen MR) is 185 cm³/mol. The van der Waals surface area contributed by atoms with Crippen LogP contribution in [0.15, 0.2) is 60.7 Å². The number of carbonyl (C=O) groups is 6. The standard InChI is InChI=1S/C36H50N6O8/c1-22(2)19-29(35(47)48)39-31(43)24(5)42(36(49)50-21-26-15-10-7-11-16-26)41-34(46)30(23(3)4)40-33(45)28(20-25-13-8-6-9-14-25)38-32(44)27-17-12-18-37-27/h6-11,13-16,22-24,27-30,37H,12,17-21H2,1-5H3,(H,38,44)(H,39,43)(H,40,45)(H,41,46)(H,47,48)/t24-,27-,28-,29-,30-/m0/s1. The van der Waals surface area contributed by atoms with E-state index >= 15 is 0 Å². The van der Waals surface area contributed by atoms with Crippen molar-refractivity contribution in [1.29, 1.82) is 0 Å². The zero-order valence-corrected chi connectivity index (χ0v) is 29.3. The van der Waals surface area contributed by atoms with Crippen molar-refractivity contribution in [2.24, 2.45) is 11.8 Å². The van der Waals surface area contributed by atoms with Crippen molar-refractivity contribution in [2.45, 2.75) is 97.1 Å². The molecule has 5 atom stereocenters. The van der Waals surface area contributed by atoms with Gasteiger partial charge in [0, 0.05) is 6.42 Å². The molecule has 5 amide bonds. The predicted octanol–water partition coefficient (Wildman–Crippen LogP) is 2.28. The normalized spacial score (nSPS) is 16.4. The number of amides is 5. The van der Waals surface area contributed by atoms with Crippen molar-refractivity contribution in [3.05, 3.63) is 71.8 Å². The minimum atomic E-state index is -1.41. The van der Waals surface area contributed by atoms with Crippen molar-refractivity contribution in [2.75, 3.05) is 6.54 Å². The van der Waals surface area contributed by atoms with E-state index in [1.807, 2.05) is 30.3 Å². The molecular formula is C36H50N6O8. The van der Waals surface area contributed by atoms with Crippen molar-refractivity contribution >= 4 is 35.7 Å². The lowest BCUT2D eigenvalue weighted by atomic mass is 10.0. The first kappa shape index (κ1) is 39.5. The summed E-state index contributed by atoms with van der Waals surface area (Å²) in [5, 5.41) is 21.5. The van der Waals surface area contributed by atoms with Gasteiger partial charge in [-0.15, -0.1) is 0 Å². The summed E-state index contributed by atoms with van der Waals surface area (Å²) in [5.74, 6) is -4.42. The van der Waals surface area contributed by atoms with Gasteiger partial charge in [-0.25, -0.2) is 14.6 Å². The second kappa shape index (κ2) is 19.3. The molecule has 0 saturated carbocycles. The number of carboxylic acid groups (broad SMARTS) is 1. The lowest BCUT2D eigenvalue weighted by Crippen LogP contribution is -2.63. The van der Waals surface area contributed by atoms with E-state index in [0.29, 0.717) is 23.5 Å². The molecule has 0 spiro atoms. The SMILES string of the molecule is CC(C)C[C@H](NC(=O)[C@H](C)N(NC(=O)[C@@H](NC(=O)[C@H](Cc1ccccc1)NC(=O)[C@@H]1CCCN1)C(C)C)C(=O)OCc1ccccc1)C(=O)O. The molecule has 3 rings (SSSR count). The molecule has 1 aliphatic rings. The number of carbonyl (C=O) groups excluding carboxylic acids is 5. The third-order valence-corrected chi connectivity index (χ3v) is 8.26. The van der Waals surface area contributed by atoms with E-state index in [1.165, 1.54) is 6.92 Å². The van der Waals surface area contributed by atoms with Crippen LogP contribution in [-0.4, -0.2) is 82.6 Å². The second-order valence-electron chi connectivity index (χ2n) is 13.2. The summed E-state index contributed by atoms with van der Waals surface area (Å²) >= 11 is 0. The molecule has 1 heterocycles. The number of benzene rings is 2. The molecule has 0 unspecified atom stereocenters. The zero-order chi connectivity index (χ0) is 36.8. The fourth-order valence-electron chi connectivity index (χ4n) is 5.41. The van der Waals surface area contributed by atoms with Crippen LogP contribution in [0.4, 0.5) is 4.79 Å². The minimum Gasteiger partial charge on any atom is -0.480 e. The number of nitrogens with zero attached hydrogens (tertiary/aromatic N) is 1. The maximum atomic E-state index is 13.8. The largest absolute Gasteiger partial charge is 0.480 e. The summed E-state index contributed by atoms with van der Waals surface area (Å²) in [6.45, 7) is 8.83. The van der Waals surface area contributed by atoms with Crippen LogP contribution in [-0.2, 0) is 41.7 Å². The molecule has 1 aliphatic heterocycles. The van der Waals surface area contributed by atoms with Crippen molar-refractivity contribution < 1.29 is 38.6 Å². The molecule has 50 heavy (non-hydrogen) atoms. The zero-order valence-electron chi connectivity index (χ0n) is 29.3. The summed E-state index contributed by atoms with van der Waals surface area (Å²) in [5.41, 5.74) is 3.88. The highest BCUT2D eigenvalue weighted by atomic mass is 16.6. The van der Waals surface area contributed by atoms with Gasteiger partial charge in [0.25, 0.3) is 5.91 Å². The third kappa shape index (κ3) is 12.2. The van der Waals surface area contributed by atoms with E-state index in [-0.39, 0.29) is 31.3 Å². The van der Waals surface area contributed by atoms with Gasteiger partial charge in [-0.1, -0.05) is 88.4 Å². The highest BCUT2D eigenvalue weighted by Crippen LogP contribution is 2.12. The van der Waals surface area contributed by atoms with Gasteiger partial charge >= 0.3 is 12.1 Å². The Hall–Kier alpha value is -4.98. The summed E-state index contributed by atoms with van der Waals surface area (Å²) in [4.78, 5) is 79.2.